The molecule has 1 heterocycles. The summed E-state index contributed by atoms with van der Waals surface area (Å²) < 4.78 is 0. The molecule has 0 atom stereocenters. The molecule has 0 radical (unpaired) electrons. The lowest BCUT2D eigenvalue weighted by Crippen LogP contribution is -2.27. The number of amides is 1. The van der Waals surface area contributed by atoms with Crippen LogP contribution in [0.25, 0.3) is 0 Å². The number of benzene rings is 1. The van der Waals surface area contributed by atoms with Gasteiger partial charge in [0.05, 0.1) is 0 Å². The SMILES string of the molecule is O=C(NCCC1CCCC1)c1ccc2c(c1)CNCC2. The molecule has 1 aliphatic carbocycles. The predicted molar refractivity (Wildman–Crippen MR) is 80.8 cm³/mol. The van der Waals surface area contributed by atoms with Crippen LogP contribution in [-0.2, 0) is 13.0 Å². The first kappa shape index (κ1) is 13.6. The van der Waals surface area contributed by atoms with Crippen molar-refractivity contribution in [1.29, 1.82) is 0 Å². The summed E-state index contributed by atoms with van der Waals surface area (Å²) >= 11 is 0. The van der Waals surface area contributed by atoms with Gasteiger partial charge >= 0.3 is 0 Å². The quantitative estimate of drug-likeness (QED) is 0.884. The highest BCUT2D eigenvalue weighted by Crippen LogP contribution is 2.26. The minimum Gasteiger partial charge on any atom is -0.352 e. The number of hydrogen-bond donors (Lipinski definition) is 2. The van der Waals surface area contributed by atoms with Gasteiger partial charge in [0, 0.05) is 18.7 Å². The van der Waals surface area contributed by atoms with E-state index in [4.69, 9.17) is 0 Å². The summed E-state index contributed by atoms with van der Waals surface area (Å²) in [7, 11) is 0. The molecule has 108 valence electrons. The summed E-state index contributed by atoms with van der Waals surface area (Å²) in [6.07, 6.45) is 7.64. The Morgan fingerprint density at radius 3 is 2.95 bits per heavy atom. The third-order valence-electron chi connectivity index (χ3n) is 4.67. The summed E-state index contributed by atoms with van der Waals surface area (Å²) in [5.41, 5.74) is 3.46. The molecule has 0 unspecified atom stereocenters. The maximum Gasteiger partial charge on any atom is 0.251 e. The van der Waals surface area contributed by atoms with E-state index in [1.807, 2.05) is 12.1 Å². The molecule has 2 aliphatic rings. The van der Waals surface area contributed by atoms with Crippen LogP contribution in [0.4, 0.5) is 0 Å². The standard InChI is InChI=1S/C17H24N2O/c20-17(19-10-7-13-3-1-2-4-13)15-6-5-14-8-9-18-12-16(14)11-15/h5-6,11,13,18H,1-4,7-10,12H2,(H,19,20). The van der Waals surface area contributed by atoms with E-state index in [0.29, 0.717) is 0 Å². The summed E-state index contributed by atoms with van der Waals surface area (Å²) in [6, 6.07) is 6.13. The number of hydrogen-bond acceptors (Lipinski definition) is 2. The van der Waals surface area contributed by atoms with Crippen molar-refractivity contribution in [3.8, 4) is 0 Å². The van der Waals surface area contributed by atoms with E-state index in [1.165, 1.54) is 36.8 Å². The van der Waals surface area contributed by atoms with Crippen LogP contribution in [0.1, 0.15) is 53.6 Å². The predicted octanol–water partition coefficient (Wildman–Crippen LogP) is 2.64. The number of fused-ring (bicyclic) bond motifs is 1. The highest BCUT2D eigenvalue weighted by Gasteiger charge is 2.16. The molecule has 3 rings (SSSR count). The molecule has 0 bridgehead atoms. The molecule has 2 N–H and O–H groups in total. The minimum atomic E-state index is 0.0800. The molecule has 3 nitrogen and oxygen atoms in total. The van der Waals surface area contributed by atoms with E-state index >= 15 is 0 Å². The smallest absolute Gasteiger partial charge is 0.251 e. The summed E-state index contributed by atoms with van der Waals surface area (Å²) in [4.78, 5) is 12.2. The molecule has 1 saturated carbocycles. The van der Waals surface area contributed by atoms with E-state index in [9.17, 15) is 4.79 Å². The molecule has 1 aliphatic heterocycles. The Morgan fingerprint density at radius 2 is 2.10 bits per heavy atom. The lowest BCUT2D eigenvalue weighted by molar-refractivity contribution is 0.0951. The van der Waals surface area contributed by atoms with Gasteiger partial charge in [-0.1, -0.05) is 31.7 Å². The minimum absolute atomic E-state index is 0.0800. The van der Waals surface area contributed by atoms with Crippen LogP contribution in [0.15, 0.2) is 18.2 Å². The van der Waals surface area contributed by atoms with Gasteiger partial charge in [0.2, 0.25) is 0 Å². The number of rotatable bonds is 4. The van der Waals surface area contributed by atoms with Crippen molar-refractivity contribution in [2.24, 2.45) is 5.92 Å². The van der Waals surface area contributed by atoms with Gasteiger partial charge < -0.3 is 10.6 Å². The molecule has 20 heavy (non-hydrogen) atoms. The second kappa shape index (κ2) is 6.40. The third-order valence-corrected chi connectivity index (χ3v) is 4.67. The van der Waals surface area contributed by atoms with Crippen LogP contribution >= 0.6 is 0 Å². The van der Waals surface area contributed by atoms with E-state index in [1.54, 1.807) is 0 Å². The van der Waals surface area contributed by atoms with Gasteiger partial charge in [-0.3, -0.25) is 4.79 Å². The highest BCUT2D eigenvalue weighted by atomic mass is 16.1. The molecule has 0 aromatic heterocycles. The zero-order valence-electron chi connectivity index (χ0n) is 12.1. The number of carbonyl (C=O) groups excluding carboxylic acids is 1. The van der Waals surface area contributed by atoms with E-state index in [-0.39, 0.29) is 5.91 Å². The van der Waals surface area contributed by atoms with Crippen molar-refractivity contribution in [1.82, 2.24) is 10.6 Å². The van der Waals surface area contributed by atoms with E-state index in [0.717, 1.165) is 44.0 Å². The topological polar surface area (TPSA) is 41.1 Å². The fraction of sp³-hybridized carbons (Fsp3) is 0.588. The molecule has 1 amide bonds. The van der Waals surface area contributed by atoms with Crippen LogP contribution in [0.2, 0.25) is 0 Å². The Kier molecular flexibility index (Phi) is 4.36. The largest absolute Gasteiger partial charge is 0.352 e. The molecule has 0 spiro atoms. The zero-order valence-corrected chi connectivity index (χ0v) is 12.1. The second-order valence-electron chi connectivity index (χ2n) is 6.11. The van der Waals surface area contributed by atoms with Crippen LogP contribution < -0.4 is 10.6 Å². The van der Waals surface area contributed by atoms with Crippen molar-refractivity contribution in [3.05, 3.63) is 34.9 Å². The van der Waals surface area contributed by atoms with Crippen molar-refractivity contribution >= 4 is 5.91 Å². The fourth-order valence-electron chi connectivity index (χ4n) is 3.41. The normalized spacial score (nSPS) is 18.8. The van der Waals surface area contributed by atoms with E-state index < -0.39 is 0 Å². The summed E-state index contributed by atoms with van der Waals surface area (Å²) in [5.74, 6) is 0.916. The van der Waals surface area contributed by atoms with Gasteiger partial charge in [0.15, 0.2) is 0 Å². The first-order valence-electron chi connectivity index (χ1n) is 7.93. The molecule has 0 saturated heterocycles. The Morgan fingerprint density at radius 1 is 1.25 bits per heavy atom. The van der Waals surface area contributed by atoms with Crippen LogP contribution in [-0.4, -0.2) is 19.0 Å². The lowest BCUT2D eigenvalue weighted by atomic mass is 9.98. The zero-order chi connectivity index (χ0) is 13.8. The maximum atomic E-state index is 12.2. The van der Waals surface area contributed by atoms with Gasteiger partial charge in [-0.15, -0.1) is 0 Å². The average molecular weight is 272 g/mol. The first-order chi connectivity index (χ1) is 9.83. The Hall–Kier alpha value is -1.35. The summed E-state index contributed by atoms with van der Waals surface area (Å²) in [5, 5.41) is 6.43. The number of carbonyl (C=O) groups is 1. The maximum absolute atomic E-state index is 12.2. The molecule has 1 aromatic rings. The highest BCUT2D eigenvalue weighted by molar-refractivity contribution is 5.94. The van der Waals surface area contributed by atoms with Gasteiger partial charge in [-0.05, 0) is 48.6 Å². The van der Waals surface area contributed by atoms with Crippen LogP contribution in [0.5, 0.6) is 0 Å². The van der Waals surface area contributed by atoms with Crippen molar-refractivity contribution in [2.45, 2.75) is 45.1 Å². The third kappa shape index (κ3) is 3.21. The molecule has 1 aromatic carbocycles. The Bertz CT molecular complexity index is 478. The fourth-order valence-corrected chi connectivity index (χ4v) is 3.41. The van der Waals surface area contributed by atoms with Crippen LogP contribution in [0.3, 0.4) is 0 Å². The average Bonchev–Trinajstić information content (AvgIpc) is 3.00. The molecular weight excluding hydrogens is 248 g/mol. The van der Waals surface area contributed by atoms with Gasteiger partial charge in [-0.2, -0.15) is 0 Å². The van der Waals surface area contributed by atoms with Gasteiger partial charge in [0.1, 0.15) is 0 Å². The second-order valence-corrected chi connectivity index (χ2v) is 6.11. The van der Waals surface area contributed by atoms with Gasteiger partial charge in [0.25, 0.3) is 5.91 Å². The Balaban J connectivity index is 1.53. The van der Waals surface area contributed by atoms with E-state index in [2.05, 4.69) is 16.7 Å². The van der Waals surface area contributed by atoms with Crippen molar-refractivity contribution in [2.75, 3.05) is 13.1 Å². The monoisotopic (exact) mass is 272 g/mol. The first-order valence-corrected chi connectivity index (χ1v) is 7.93. The van der Waals surface area contributed by atoms with Gasteiger partial charge in [-0.25, -0.2) is 0 Å². The lowest BCUT2D eigenvalue weighted by Gasteiger charge is -2.18. The number of nitrogens with one attached hydrogen (secondary N) is 2. The molecular formula is C17H24N2O. The van der Waals surface area contributed by atoms with Crippen LogP contribution in [0, 0.1) is 5.92 Å². The Labute approximate surface area is 121 Å². The molecule has 1 fully saturated rings. The van der Waals surface area contributed by atoms with Crippen molar-refractivity contribution in [3.63, 3.8) is 0 Å². The summed E-state index contributed by atoms with van der Waals surface area (Å²) in [6.45, 7) is 2.75. The molecule has 3 heteroatoms. The van der Waals surface area contributed by atoms with Crippen molar-refractivity contribution < 1.29 is 4.79 Å².